The largest absolute Gasteiger partial charge is 0.417 e. The van der Waals surface area contributed by atoms with E-state index in [4.69, 9.17) is 10.3 Å². The normalized spacial score (nSPS) is 11.8. The maximum atomic E-state index is 12.8. The highest BCUT2D eigenvalue weighted by molar-refractivity contribution is 5.63. The van der Waals surface area contributed by atoms with Crippen molar-refractivity contribution in [3.63, 3.8) is 0 Å². The van der Waals surface area contributed by atoms with Crippen LogP contribution in [0.3, 0.4) is 0 Å². The summed E-state index contributed by atoms with van der Waals surface area (Å²) in [4.78, 5) is 0. The first-order chi connectivity index (χ1) is 8.52. The van der Waals surface area contributed by atoms with Gasteiger partial charge in [0.05, 0.1) is 11.3 Å². The fourth-order valence-corrected chi connectivity index (χ4v) is 1.65. The van der Waals surface area contributed by atoms with Crippen LogP contribution in [0.25, 0.3) is 11.3 Å². The maximum absolute atomic E-state index is 12.8. The smallest absolute Gasteiger partial charge is 0.356 e. The summed E-state index contributed by atoms with van der Waals surface area (Å²) in [7, 11) is 0. The zero-order valence-electron chi connectivity index (χ0n) is 9.37. The van der Waals surface area contributed by atoms with Gasteiger partial charge in [0, 0.05) is 18.1 Å². The van der Waals surface area contributed by atoms with Crippen LogP contribution in [0.5, 0.6) is 0 Å². The number of nitrogens with two attached hydrogens (primary N) is 1. The molecule has 0 bridgehead atoms. The van der Waals surface area contributed by atoms with E-state index in [9.17, 15) is 13.2 Å². The molecule has 3 nitrogen and oxygen atoms in total. The molecule has 0 aliphatic heterocycles. The third-order valence-electron chi connectivity index (χ3n) is 2.46. The molecule has 0 amide bonds. The van der Waals surface area contributed by atoms with Crippen LogP contribution >= 0.6 is 0 Å². The quantitative estimate of drug-likeness (QED) is 0.918. The van der Waals surface area contributed by atoms with Gasteiger partial charge >= 0.3 is 6.18 Å². The summed E-state index contributed by atoms with van der Waals surface area (Å²) in [5, 5.41) is 3.68. The Morgan fingerprint density at radius 2 is 1.94 bits per heavy atom. The molecule has 0 aliphatic rings. The predicted octanol–water partition coefficient (Wildman–Crippen LogP) is 2.86. The lowest BCUT2D eigenvalue weighted by molar-refractivity contribution is -0.137. The molecular formula is C12H11F3N2O. The summed E-state index contributed by atoms with van der Waals surface area (Å²) < 4.78 is 43.4. The van der Waals surface area contributed by atoms with Crippen molar-refractivity contribution in [1.82, 2.24) is 5.16 Å². The second-order valence-electron chi connectivity index (χ2n) is 3.76. The molecule has 0 fully saturated rings. The van der Waals surface area contributed by atoms with Crippen LogP contribution in [0.4, 0.5) is 13.2 Å². The SMILES string of the molecule is NCCc1cc(-c2ccccc2C(F)(F)F)on1. The number of alkyl halides is 3. The average molecular weight is 256 g/mol. The summed E-state index contributed by atoms with van der Waals surface area (Å²) >= 11 is 0. The number of hydrogen-bond donors (Lipinski definition) is 1. The van der Waals surface area contributed by atoms with Crippen molar-refractivity contribution in [3.05, 3.63) is 41.6 Å². The van der Waals surface area contributed by atoms with E-state index in [0.717, 1.165) is 6.07 Å². The van der Waals surface area contributed by atoms with Crippen molar-refractivity contribution in [3.8, 4) is 11.3 Å². The Balaban J connectivity index is 2.43. The summed E-state index contributed by atoms with van der Waals surface area (Å²) in [5.74, 6) is 0.103. The van der Waals surface area contributed by atoms with Gasteiger partial charge in [-0.25, -0.2) is 0 Å². The van der Waals surface area contributed by atoms with Gasteiger partial charge in [0.2, 0.25) is 0 Å². The molecule has 0 radical (unpaired) electrons. The maximum Gasteiger partial charge on any atom is 0.417 e. The molecule has 1 heterocycles. The molecular weight excluding hydrogens is 245 g/mol. The second kappa shape index (κ2) is 4.81. The Kier molecular flexibility index (Phi) is 3.38. The van der Waals surface area contributed by atoms with Crippen molar-refractivity contribution >= 4 is 0 Å². The van der Waals surface area contributed by atoms with E-state index in [0.29, 0.717) is 18.7 Å². The molecule has 0 saturated carbocycles. The Bertz CT molecular complexity index is 534. The van der Waals surface area contributed by atoms with Gasteiger partial charge in [0.15, 0.2) is 5.76 Å². The molecule has 18 heavy (non-hydrogen) atoms. The van der Waals surface area contributed by atoms with Gasteiger partial charge in [-0.3, -0.25) is 0 Å². The zero-order valence-corrected chi connectivity index (χ0v) is 9.37. The van der Waals surface area contributed by atoms with E-state index in [-0.39, 0.29) is 11.3 Å². The van der Waals surface area contributed by atoms with E-state index in [1.165, 1.54) is 24.3 Å². The Hall–Kier alpha value is -1.82. The van der Waals surface area contributed by atoms with Crippen LogP contribution in [-0.2, 0) is 12.6 Å². The second-order valence-corrected chi connectivity index (χ2v) is 3.76. The van der Waals surface area contributed by atoms with Gasteiger partial charge in [-0.15, -0.1) is 0 Å². The number of nitrogens with zero attached hydrogens (tertiary/aromatic N) is 1. The number of aromatic nitrogens is 1. The molecule has 0 saturated heterocycles. The van der Waals surface area contributed by atoms with E-state index in [2.05, 4.69) is 5.16 Å². The fraction of sp³-hybridized carbons (Fsp3) is 0.250. The van der Waals surface area contributed by atoms with Gasteiger partial charge in [-0.2, -0.15) is 13.2 Å². The molecule has 2 N–H and O–H groups in total. The van der Waals surface area contributed by atoms with Gasteiger partial charge < -0.3 is 10.3 Å². The molecule has 0 aliphatic carbocycles. The highest BCUT2D eigenvalue weighted by atomic mass is 19.4. The lowest BCUT2D eigenvalue weighted by Crippen LogP contribution is -2.06. The number of halogens is 3. The van der Waals surface area contributed by atoms with Gasteiger partial charge in [-0.05, 0) is 12.6 Å². The van der Waals surface area contributed by atoms with Crippen molar-refractivity contribution in [2.75, 3.05) is 6.54 Å². The highest BCUT2D eigenvalue weighted by Gasteiger charge is 2.34. The fourth-order valence-electron chi connectivity index (χ4n) is 1.65. The minimum atomic E-state index is -4.42. The molecule has 1 aromatic carbocycles. The van der Waals surface area contributed by atoms with Gasteiger partial charge in [0.1, 0.15) is 0 Å². The molecule has 2 rings (SSSR count). The Labute approximate surface area is 101 Å². The standard InChI is InChI=1S/C12H11F3N2O/c13-12(14,15)10-4-2-1-3-9(10)11-7-8(5-6-16)17-18-11/h1-4,7H,5-6,16H2. The monoisotopic (exact) mass is 256 g/mol. The summed E-state index contributed by atoms with van der Waals surface area (Å²) in [6.07, 6.45) is -3.95. The molecule has 0 spiro atoms. The minimum Gasteiger partial charge on any atom is -0.356 e. The molecule has 96 valence electrons. The lowest BCUT2D eigenvalue weighted by Gasteiger charge is -2.09. The molecule has 0 unspecified atom stereocenters. The van der Waals surface area contributed by atoms with Crippen LogP contribution in [0.1, 0.15) is 11.3 Å². The average Bonchev–Trinajstić information content (AvgIpc) is 2.77. The van der Waals surface area contributed by atoms with Crippen molar-refractivity contribution in [2.45, 2.75) is 12.6 Å². The first kappa shape index (κ1) is 12.6. The molecule has 1 aromatic heterocycles. The minimum absolute atomic E-state index is 0.0132. The van der Waals surface area contributed by atoms with E-state index in [1.807, 2.05) is 0 Å². The predicted molar refractivity (Wildman–Crippen MR) is 59.7 cm³/mol. The van der Waals surface area contributed by atoms with Crippen molar-refractivity contribution < 1.29 is 17.7 Å². The van der Waals surface area contributed by atoms with E-state index in [1.54, 1.807) is 0 Å². The third kappa shape index (κ3) is 2.53. The van der Waals surface area contributed by atoms with Crippen LogP contribution in [0, 0.1) is 0 Å². The van der Waals surface area contributed by atoms with Crippen molar-refractivity contribution in [1.29, 1.82) is 0 Å². The number of benzene rings is 1. The molecule has 2 aromatic rings. The summed E-state index contributed by atoms with van der Waals surface area (Å²) in [6.45, 7) is 0.368. The zero-order chi connectivity index (χ0) is 13.2. The van der Waals surface area contributed by atoms with Gasteiger partial charge in [0.25, 0.3) is 0 Å². The third-order valence-corrected chi connectivity index (χ3v) is 2.46. The summed E-state index contributed by atoms with van der Waals surface area (Å²) in [5.41, 5.74) is 5.14. The summed E-state index contributed by atoms with van der Waals surface area (Å²) in [6, 6.07) is 6.71. The Morgan fingerprint density at radius 1 is 1.22 bits per heavy atom. The first-order valence-corrected chi connectivity index (χ1v) is 5.34. The number of hydrogen-bond acceptors (Lipinski definition) is 3. The van der Waals surface area contributed by atoms with E-state index >= 15 is 0 Å². The number of rotatable bonds is 3. The van der Waals surface area contributed by atoms with E-state index < -0.39 is 11.7 Å². The van der Waals surface area contributed by atoms with Crippen LogP contribution < -0.4 is 5.73 Å². The first-order valence-electron chi connectivity index (χ1n) is 5.34. The van der Waals surface area contributed by atoms with Crippen LogP contribution in [0.2, 0.25) is 0 Å². The van der Waals surface area contributed by atoms with Crippen molar-refractivity contribution in [2.24, 2.45) is 5.73 Å². The van der Waals surface area contributed by atoms with Crippen LogP contribution in [-0.4, -0.2) is 11.7 Å². The Morgan fingerprint density at radius 3 is 2.61 bits per heavy atom. The lowest BCUT2D eigenvalue weighted by atomic mass is 10.0. The molecule has 6 heteroatoms. The highest BCUT2D eigenvalue weighted by Crippen LogP contribution is 2.36. The van der Waals surface area contributed by atoms with Crippen LogP contribution in [0.15, 0.2) is 34.9 Å². The molecule has 0 atom stereocenters. The van der Waals surface area contributed by atoms with Gasteiger partial charge in [-0.1, -0.05) is 23.4 Å². The topological polar surface area (TPSA) is 52.0 Å².